The maximum absolute atomic E-state index is 5.61. The molecule has 0 aromatic carbocycles. The predicted molar refractivity (Wildman–Crippen MR) is 103 cm³/mol. The number of guanidine groups is 1. The lowest BCUT2D eigenvalue weighted by molar-refractivity contribution is 0.130. The molecule has 0 spiro atoms. The molecule has 1 heterocycles. The second kappa shape index (κ2) is 13.4. The largest absolute Gasteiger partial charge is 0.381 e. The molecule has 1 aliphatic rings. The van der Waals surface area contributed by atoms with E-state index in [-0.39, 0.29) is 24.0 Å². The summed E-state index contributed by atoms with van der Waals surface area (Å²) in [6.07, 6.45) is 2.27. The van der Waals surface area contributed by atoms with Crippen LogP contribution in [0, 0.1) is 11.8 Å². The van der Waals surface area contributed by atoms with Gasteiger partial charge in [-0.3, -0.25) is 4.99 Å². The van der Waals surface area contributed by atoms with Crippen molar-refractivity contribution in [3.05, 3.63) is 0 Å². The first kappa shape index (κ1) is 21.9. The Balaban J connectivity index is 0.00000441. The number of nitrogens with zero attached hydrogens (tertiary/aromatic N) is 2. The van der Waals surface area contributed by atoms with Gasteiger partial charge in [0.1, 0.15) is 0 Å². The molecular formula is C16H34IN3O2. The van der Waals surface area contributed by atoms with Crippen LogP contribution in [-0.4, -0.2) is 64.0 Å². The summed E-state index contributed by atoms with van der Waals surface area (Å²) in [5, 5.41) is 3.35. The molecule has 0 amide bonds. The van der Waals surface area contributed by atoms with Crippen molar-refractivity contribution in [3.63, 3.8) is 0 Å². The van der Waals surface area contributed by atoms with Crippen LogP contribution in [0.3, 0.4) is 0 Å². The van der Waals surface area contributed by atoms with Gasteiger partial charge in [0.15, 0.2) is 5.96 Å². The summed E-state index contributed by atoms with van der Waals surface area (Å²) < 4.78 is 11.0. The number of rotatable bonds is 9. The highest BCUT2D eigenvalue weighted by Crippen LogP contribution is 2.13. The standard InChI is InChI=1S/C16H33N3O2.HI/c1-5-17-16(18-8-11-20-9-6-14(2)3)19(4)12-15-7-10-21-13-15;/h14-15H,5-13H2,1-4H3,(H,17,18);1H. The molecule has 1 atom stereocenters. The lowest BCUT2D eigenvalue weighted by Gasteiger charge is -2.24. The van der Waals surface area contributed by atoms with Crippen LogP contribution in [0.15, 0.2) is 4.99 Å². The molecule has 1 aliphatic heterocycles. The van der Waals surface area contributed by atoms with Gasteiger partial charge in [-0.25, -0.2) is 0 Å². The lowest BCUT2D eigenvalue weighted by atomic mass is 10.1. The van der Waals surface area contributed by atoms with Crippen molar-refractivity contribution >= 4 is 29.9 Å². The van der Waals surface area contributed by atoms with E-state index in [9.17, 15) is 0 Å². The molecular weight excluding hydrogens is 393 g/mol. The van der Waals surface area contributed by atoms with Gasteiger partial charge in [-0.15, -0.1) is 24.0 Å². The number of hydrogen-bond donors (Lipinski definition) is 1. The van der Waals surface area contributed by atoms with E-state index >= 15 is 0 Å². The number of nitrogens with one attached hydrogen (secondary N) is 1. The second-order valence-corrected chi connectivity index (χ2v) is 6.14. The topological polar surface area (TPSA) is 46.1 Å². The maximum Gasteiger partial charge on any atom is 0.193 e. The Hall–Kier alpha value is -0.0800. The van der Waals surface area contributed by atoms with E-state index in [1.54, 1.807) is 0 Å². The molecule has 1 N–H and O–H groups in total. The van der Waals surface area contributed by atoms with Gasteiger partial charge < -0.3 is 19.7 Å². The molecule has 1 rings (SSSR count). The van der Waals surface area contributed by atoms with Gasteiger partial charge in [-0.1, -0.05) is 13.8 Å². The monoisotopic (exact) mass is 427 g/mol. The van der Waals surface area contributed by atoms with Crippen molar-refractivity contribution in [2.75, 3.05) is 53.1 Å². The second-order valence-electron chi connectivity index (χ2n) is 6.14. The van der Waals surface area contributed by atoms with Crippen LogP contribution in [0.25, 0.3) is 0 Å². The Kier molecular flexibility index (Phi) is 13.3. The average Bonchev–Trinajstić information content (AvgIpc) is 2.93. The third-order valence-corrected chi connectivity index (χ3v) is 3.59. The lowest BCUT2D eigenvalue weighted by Crippen LogP contribution is -2.41. The van der Waals surface area contributed by atoms with Gasteiger partial charge in [-0.2, -0.15) is 0 Å². The average molecular weight is 427 g/mol. The SMILES string of the molecule is CCNC(=NCCOCCC(C)C)N(C)CC1CCOC1.I. The highest BCUT2D eigenvalue weighted by atomic mass is 127. The van der Waals surface area contributed by atoms with Crippen LogP contribution in [0.5, 0.6) is 0 Å². The Labute approximate surface area is 153 Å². The molecule has 0 radical (unpaired) electrons. The number of ether oxygens (including phenoxy) is 2. The van der Waals surface area contributed by atoms with Gasteiger partial charge in [0, 0.05) is 39.3 Å². The molecule has 1 saturated heterocycles. The molecule has 0 bridgehead atoms. The third kappa shape index (κ3) is 9.84. The van der Waals surface area contributed by atoms with Crippen LogP contribution in [0.2, 0.25) is 0 Å². The molecule has 0 aliphatic carbocycles. The third-order valence-electron chi connectivity index (χ3n) is 3.59. The van der Waals surface area contributed by atoms with Gasteiger partial charge in [-0.05, 0) is 25.7 Å². The molecule has 0 saturated carbocycles. The van der Waals surface area contributed by atoms with Crippen LogP contribution in [-0.2, 0) is 9.47 Å². The van der Waals surface area contributed by atoms with E-state index in [1.165, 1.54) is 0 Å². The first-order valence-corrected chi connectivity index (χ1v) is 8.28. The number of halogens is 1. The van der Waals surface area contributed by atoms with Crippen LogP contribution < -0.4 is 5.32 Å². The fourth-order valence-electron chi connectivity index (χ4n) is 2.31. The predicted octanol–water partition coefficient (Wildman–Crippen LogP) is 2.60. The normalized spacial score (nSPS) is 18.4. The summed E-state index contributed by atoms with van der Waals surface area (Å²) in [5.41, 5.74) is 0. The van der Waals surface area contributed by atoms with Crippen molar-refractivity contribution in [2.24, 2.45) is 16.8 Å². The fraction of sp³-hybridized carbons (Fsp3) is 0.938. The highest BCUT2D eigenvalue weighted by molar-refractivity contribution is 14.0. The molecule has 132 valence electrons. The summed E-state index contributed by atoms with van der Waals surface area (Å²) in [6, 6.07) is 0. The molecule has 1 unspecified atom stereocenters. The first-order valence-electron chi connectivity index (χ1n) is 8.28. The first-order chi connectivity index (χ1) is 10.1. The highest BCUT2D eigenvalue weighted by Gasteiger charge is 2.18. The van der Waals surface area contributed by atoms with Gasteiger partial charge in [0.2, 0.25) is 0 Å². The fourth-order valence-corrected chi connectivity index (χ4v) is 2.31. The molecule has 1 fully saturated rings. The number of hydrogen-bond acceptors (Lipinski definition) is 3. The van der Waals surface area contributed by atoms with E-state index in [0.717, 1.165) is 51.7 Å². The van der Waals surface area contributed by atoms with Crippen LogP contribution in [0.4, 0.5) is 0 Å². The summed E-state index contributed by atoms with van der Waals surface area (Å²) >= 11 is 0. The Morgan fingerprint density at radius 1 is 1.41 bits per heavy atom. The minimum Gasteiger partial charge on any atom is -0.381 e. The maximum atomic E-state index is 5.61. The minimum absolute atomic E-state index is 0. The van der Waals surface area contributed by atoms with E-state index in [2.05, 4.69) is 43.0 Å². The van der Waals surface area contributed by atoms with Crippen molar-refractivity contribution in [1.29, 1.82) is 0 Å². The quantitative estimate of drug-likeness (QED) is 0.266. The summed E-state index contributed by atoms with van der Waals surface area (Å²) in [7, 11) is 2.10. The van der Waals surface area contributed by atoms with Gasteiger partial charge in [0.25, 0.3) is 0 Å². The zero-order valence-corrected chi connectivity index (χ0v) is 17.0. The van der Waals surface area contributed by atoms with E-state index in [4.69, 9.17) is 9.47 Å². The van der Waals surface area contributed by atoms with Gasteiger partial charge >= 0.3 is 0 Å². The Morgan fingerprint density at radius 2 is 2.18 bits per heavy atom. The van der Waals surface area contributed by atoms with Crippen LogP contribution in [0.1, 0.15) is 33.6 Å². The summed E-state index contributed by atoms with van der Waals surface area (Å²) in [6.45, 7) is 12.4. The van der Waals surface area contributed by atoms with Crippen LogP contribution >= 0.6 is 24.0 Å². The number of aliphatic imine (C=N–C) groups is 1. The van der Waals surface area contributed by atoms with Gasteiger partial charge in [0.05, 0.1) is 19.8 Å². The van der Waals surface area contributed by atoms with Crippen molar-refractivity contribution < 1.29 is 9.47 Å². The van der Waals surface area contributed by atoms with E-state index in [1.807, 2.05) is 0 Å². The minimum atomic E-state index is 0. The molecule has 22 heavy (non-hydrogen) atoms. The zero-order valence-electron chi connectivity index (χ0n) is 14.6. The van der Waals surface area contributed by atoms with Crippen molar-refractivity contribution in [3.8, 4) is 0 Å². The Morgan fingerprint density at radius 3 is 2.77 bits per heavy atom. The Bertz CT molecular complexity index is 295. The van der Waals surface area contributed by atoms with Crippen molar-refractivity contribution in [1.82, 2.24) is 10.2 Å². The zero-order chi connectivity index (χ0) is 15.5. The molecule has 6 heteroatoms. The summed E-state index contributed by atoms with van der Waals surface area (Å²) in [4.78, 5) is 6.84. The smallest absolute Gasteiger partial charge is 0.193 e. The summed E-state index contributed by atoms with van der Waals surface area (Å²) in [5.74, 6) is 2.29. The molecule has 5 nitrogen and oxygen atoms in total. The van der Waals surface area contributed by atoms with E-state index in [0.29, 0.717) is 25.0 Å². The molecule has 0 aromatic rings. The van der Waals surface area contributed by atoms with Crippen molar-refractivity contribution in [2.45, 2.75) is 33.6 Å². The molecule has 0 aromatic heterocycles. The van der Waals surface area contributed by atoms with E-state index < -0.39 is 0 Å².